The summed E-state index contributed by atoms with van der Waals surface area (Å²) in [5.41, 5.74) is -0.0804. The first-order chi connectivity index (χ1) is 8.65. The van der Waals surface area contributed by atoms with Gasteiger partial charge in [0.1, 0.15) is 17.1 Å². The number of phenolic OH excluding ortho intramolecular Hbond substituents is 1. The molecular weight excluding hydrogens is 224 g/mol. The Balaban J connectivity index is 2.71. The molecule has 0 spiro atoms. The number of hydrogen-bond acceptors (Lipinski definition) is 2. The van der Waals surface area contributed by atoms with Crippen molar-refractivity contribution in [2.24, 2.45) is 0 Å². The maximum absolute atomic E-state index is 9.49. The van der Waals surface area contributed by atoms with Crippen LogP contribution in [0, 0.1) is 0 Å². The summed E-state index contributed by atoms with van der Waals surface area (Å²) in [5.74, 6) is 1.04. The van der Waals surface area contributed by atoms with Crippen LogP contribution in [0.5, 0.6) is 11.5 Å². The molecule has 0 saturated heterocycles. The van der Waals surface area contributed by atoms with Crippen molar-refractivity contribution < 1.29 is 9.84 Å². The monoisotopic (exact) mass is 250 g/mol. The van der Waals surface area contributed by atoms with Gasteiger partial charge in [-0.05, 0) is 37.8 Å². The summed E-state index contributed by atoms with van der Waals surface area (Å²) in [6.45, 7) is 6.58. The van der Waals surface area contributed by atoms with E-state index in [1.807, 2.05) is 12.1 Å². The molecule has 0 aliphatic heterocycles. The molecule has 1 N–H and O–H groups in total. The molecule has 0 unspecified atom stereocenters. The Hall–Kier alpha value is -1.18. The van der Waals surface area contributed by atoms with Gasteiger partial charge in [0.2, 0.25) is 0 Å². The van der Waals surface area contributed by atoms with Crippen molar-refractivity contribution in [2.45, 2.75) is 64.9 Å². The van der Waals surface area contributed by atoms with Gasteiger partial charge in [-0.15, -0.1) is 0 Å². The van der Waals surface area contributed by atoms with Gasteiger partial charge < -0.3 is 9.84 Å². The normalized spacial score (nSPS) is 11.5. The van der Waals surface area contributed by atoms with Gasteiger partial charge in [-0.3, -0.25) is 0 Å². The van der Waals surface area contributed by atoms with Gasteiger partial charge in [0.15, 0.2) is 0 Å². The second-order valence-corrected chi connectivity index (χ2v) is 4.95. The van der Waals surface area contributed by atoms with Gasteiger partial charge in [-0.1, -0.05) is 39.7 Å². The van der Waals surface area contributed by atoms with E-state index >= 15 is 0 Å². The SMILES string of the molecule is CCCCCC(CC)(CC)Oc1cccc(O)c1. The zero-order chi connectivity index (χ0) is 13.4. The molecule has 1 aromatic carbocycles. The van der Waals surface area contributed by atoms with E-state index in [-0.39, 0.29) is 11.4 Å². The summed E-state index contributed by atoms with van der Waals surface area (Å²) in [7, 11) is 0. The molecule has 1 aromatic rings. The Bertz CT molecular complexity index is 343. The summed E-state index contributed by atoms with van der Waals surface area (Å²) < 4.78 is 6.17. The van der Waals surface area contributed by atoms with E-state index in [0.29, 0.717) is 0 Å². The van der Waals surface area contributed by atoms with Gasteiger partial charge in [-0.25, -0.2) is 0 Å². The molecule has 0 radical (unpaired) electrons. The summed E-state index contributed by atoms with van der Waals surface area (Å²) in [6.07, 6.45) is 6.78. The molecule has 0 fully saturated rings. The maximum Gasteiger partial charge on any atom is 0.123 e. The Kier molecular flexibility index (Phi) is 6.03. The molecule has 0 amide bonds. The first kappa shape index (κ1) is 14.9. The Morgan fingerprint density at radius 1 is 1.11 bits per heavy atom. The predicted octanol–water partition coefficient (Wildman–Crippen LogP) is 4.91. The lowest BCUT2D eigenvalue weighted by Gasteiger charge is -2.33. The molecule has 18 heavy (non-hydrogen) atoms. The van der Waals surface area contributed by atoms with Crippen LogP contribution in [0.4, 0.5) is 0 Å². The highest BCUT2D eigenvalue weighted by atomic mass is 16.5. The van der Waals surface area contributed by atoms with E-state index < -0.39 is 0 Å². The number of hydrogen-bond donors (Lipinski definition) is 1. The third-order valence-electron chi connectivity index (χ3n) is 3.68. The van der Waals surface area contributed by atoms with Crippen molar-refractivity contribution in [3.8, 4) is 11.5 Å². The second-order valence-electron chi connectivity index (χ2n) is 4.95. The lowest BCUT2D eigenvalue weighted by atomic mass is 9.90. The fraction of sp³-hybridized carbons (Fsp3) is 0.625. The predicted molar refractivity (Wildman–Crippen MR) is 76.2 cm³/mol. The topological polar surface area (TPSA) is 29.5 Å². The highest BCUT2D eigenvalue weighted by Crippen LogP contribution is 2.31. The molecule has 0 aliphatic carbocycles. The van der Waals surface area contributed by atoms with Crippen LogP contribution in [0.2, 0.25) is 0 Å². The van der Waals surface area contributed by atoms with Gasteiger partial charge in [0, 0.05) is 6.07 Å². The molecular formula is C16H26O2. The number of benzene rings is 1. The minimum Gasteiger partial charge on any atom is -0.508 e. The van der Waals surface area contributed by atoms with E-state index in [1.54, 1.807) is 12.1 Å². The molecule has 0 aromatic heterocycles. The molecule has 0 bridgehead atoms. The van der Waals surface area contributed by atoms with Gasteiger partial charge in [-0.2, -0.15) is 0 Å². The van der Waals surface area contributed by atoms with E-state index in [0.717, 1.165) is 25.0 Å². The quantitative estimate of drug-likeness (QED) is 0.664. The summed E-state index contributed by atoms with van der Waals surface area (Å²) in [5, 5.41) is 9.49. The van der Waals surface area contributed by atoms with Crippen LogP contribution in [0.3, 0.4) is 0 Å². The standard InChI is InChI=1S/C16H26O2/c1-4-7-8-12-16(5-2,6-3)18-15-11-9-10-14(17)13-15/h9-11,13,17H,4-8,12H2,1-3H3. The Morgan fingerprint density at radius 3 is 2.39 bits per heavy atom. The van der Waals surface area contributed by atoms with Crippen LogP contribution in [-0.2, 0) is 0 Å². The number of rotatable bonds is 8. The third-order valence-corrected chi connectivity index (χ3v) is 3.68. The number of ether oxygens (including phenoxy) is 1. The molecule has 0 heterocycles. The molecule has 0 aliphatic rings. The number of phenols is 1. The van der Waals surface area contributed by atoms with Crippen LogP contribution >= 0.6 is 0 Å². The first-order valence-electron chi connectivity index (χ1n) is 7.14. The van der Waals surface area contributed by atoms with Gasteiger partial charge in [0.25, 0.3) is 0 Å². The fourth-order valence-electron chi connectivity index (χ4n) is 2.29. The summed E-state index contributed by atoms with van der Waals surface area (Å²) in [6, 6.07) is 7.11. The van der Waals surface area contributed by atoms with Crippen molar-refractivity contribution in [3.05, 3.63) is 24.3 Å². The van der Waals surface area contributed by atoms with Crippen molar-refractivity contribution in [3.63, 3.8) is 0 Å². The van der Waals surface area contributed by atoms with Crippen LogP contribution in [0.25, 0.3) is 0 Å². The average molecular weight is 250 g/mol. The lowest BCUT2D eigenvalue weighted by molar-refractivity contribution is 0.0482. The zero-order valence-corrected chi connectivity index (χ0v) is 11.9. The molecule has 0 saturated carbocycles. The van der Waals surface area contributed by atoms with Crippen molar-refractivity contribution in [1.29, 1.82) is 0 Å². The minimum atomic E-state index is -0.0804. The van der Waals surface area contributed by atoms with Gasteiger partial charge >= 0.3 is 0 Å². The van der Waals surface area contributed by atoms with Crippen molar-refractivity contribution in [1.82, 2.24) is 0 Å². The highest BCUT2D eigenvalue weighted by Gasteiger charge is 2.27. The Labute approximate surface area is 111 Å². The smallest absolute Gasteiger partial charge is 0.123 e. The molecule has 0 atom stereocenters. The Morgan fingerprint density at radius 2 is 1.83 bits per heavy atom. The lowest BCUT2D eigenvalue weighted by Crippen LogP contribution is -2.34. The number of aromatic hydroxyl groups is 1. The summed E-state index contributed by atoms with van der Waals surface area (Å²) >= 11 is 0. The van der Waals surface area contributed by atoms with Crippen molar-refractivity contribution >= 4 is 0 Å². The van der Waals surface area contributed by atoms with Crippen molar-refractivity contribution in [2.75, 3.05) is 0 Å². The van der Waals surface area contributed by atoms with Crippen LogP contribution in [0.15, 0.2) is 24.3 Å². The molecule has 102 valence electrons. The van der Waals surface area contributed by atoms with E-state index in [2.05, 4.69) is 20.8 Å². The first-order valence-corrected chi connectivity index (χ1v) is 7.14. The van der Waals surface area contributed by atoms with E-state index in [9.17, 15) is 5.11 Å². The van der Waals surface area contributed by atoms with Gasteiger partial charge in [0.05, 0.1) is 0 Å². The second kappa shape index (κ2) is 7.30. The molecule has 2 heteroatoms. The third kappa shape index (κ3) is 4.25. The molecule has 2 nitrogen and oxygen atoms in total. The van der Waals surface area contributed by atoms with Crippen LogP contribution < -0.4 is 4.74 Å². The number of unbranched alkanes of at least 4 members (excludes halogenated alkanes) is 2. The zero-order valence-electron chi connectivity index (χ0n) is 11.9. The average Bonchev–Trinajstić information content (AvgIpc) is 2.38. The largest absolute Gasteiger partial charge is 0.508 e. The molecule has 1 rings (SSSR count). The van der Waals surface area contributed by atoms with Crippen LogP contribution in [-0.4, -0.2) is 10.7 Å². The van der Waals surface area contributed by atoms with Crippen LogP contribution in [0.1, 0.15) is 59.3 Å². The minimum absolute atomic E-state index is 0.0804. The van der Waals surface area contributed by atoms with E-state index in [4.69, 9.17) is 4.74 Å². The van der Waals surface area contributed by atoms with E-state index in [1.165, 1.54) is 19.3 Å². The summed E-state index contributed by atoms with van der Waals surface area (Å²) in [4.78, 5) is 0. The fourth-order valence-corrected chi connectivity index (χ4v) is 2.29. The maximum atomic E-state index is 9.49. The highest BCUT2D eigenvalue weighted by molar-refractivity contribution is 5.32.